The summed E-state index contributed by atoms with van der Waals surface area (Å²) in [5, 5.41) is 0. The molecular formula is C12H11Cl. The predicted octanol–water partition coefficient (Wildman–Crippen LogP) is 3.59. The quantitative estimate of drug-likeness (QED) is 0.494. The van der Waals surface area contributed by atoms with Crippen LogP contribution >= 0.6 is 11.6 Å². The molecule has 1 aliphatic carbocycles. The lowest BCUT2D eigenvalue weighted by Crippen LogP contribution is -1.87. The Morgan fingerprint density at radius 3 is 3.00 bits per heavy atom. The van der Waals surface area contributed by atoms with E-state index >= 15 is 0 Å². The van der Waals surface area contributed by atoms with Gasteiger partial charge in [0.25, 0.3) is 0 Å². The first-order chi connectivity index (χ1) is 6.42. The van der Waals surface area contributed by atoms with Crippen LogP contribution in [0.15, 0.2) is 42.5 Å². The normalized spacial score (nSPS) is 19.6. The van der Waals surface area contributed by atoms with Crippen LogP contribution in [0.25, 0.3) is 6.08 Å². The summed E-state index contributed by atoms with van der Waals surface area (Å²) in [4.78, 5) is 0. The van der Waals surface area contributed by atoms with Crippen LogP contribution in [-0.4, -0.2) is 5.88 Å². The van der Waals surface area contributed by atoms with Gasteiger partial charge in [0.1, 0.15) is 0 Å². The van der Waals surface area contributed by atoms with Gasteiger partial charge < -0.3 is 0 Å². The first-order valence-electron chi connectivity index (χ1n) is 4.41. The molecule has 0 heterocycles. The first-order valence-corrected chi connectivity index (χ1v) is 4.95. The second-order valence-electron chi connectivity index (χ2n) is 3.10. The second-order valence-corrected chi connectivity index (χ2v) is 3.40. The summed E-state index contributed by atoms with van der Waals surface area (Å²) < 4.78 is 0. The first kappa shape index (κ1) is 8.58. The molecule has 0 saturated carbocycles. The third-order valence-electron chi connectivity index (χ3n) is 2.27. The van der Waals surface area contributed by atoms with Crippen LogP contribution in [0.1, 0.15) is 17.0 Å². The lowest BCUT2D eigenvalue weighted by molar-refractivity contribution is 1.11. The van der Waals surface area contributed by atoms with Gasteiger partial charge in [-0.2, -0.15) is 0 Å². The number of hydrogen-bond acceptors (Lipinski definition) is 0. The zero-order chi connectivity index (χ0) is 9.10. The summed E-state index contributed by atoms with van der Waals surface area (Å²) in [5.41, 5.74) is 2.70. The van der Waals surface area contributed by atoms with Gasteiger partial charge in [-0.15, -0.1) is 11.6 Å². The van der Waals surface area contributed by atoms with Gasteiger partial charge in [0.05, 0.1) is 0 Å². The maximum Gasteiger partial charge on any atom is 0.0404 e. The molecule has 66 valence electrons. The Hall–Kier alpha value is -1.01. The molecule has 1 aromatic carbocycles. The van der Waals surface area contributed by atoms with Crippen LogP contribution < -0.4 is 0 Å². The van der Waals surface area contributed by atoms with Crippen LogP contribution in [0.4, 0.5) is 0 Å². The molecule has 1 unspecified atom stereocenters. The molecule has 0 radical (unpaired) electrons. The van der Waals surface area contributed by atoms with Gasteiger partial charge in [0.2, 0.25) is 0 Å². The molecule has 2 rings (SSSR count). The van der Waals surface area contributed by atoms with E-state index in [-0.39, 0.29) is 0 Å². The lowest BCUT2D eigenvalue weighted by atomic mass is 10.0. The Balaban J connectivity index is 2.28. The van der Waals surface area contributed by atoms with Crippen molar-refractivity contribution in [2.45, 2.75) is 5.92 Å². The van der Waals surface area contributed by atoms with Gasteiger partial charge in [-0.05, 0) is 11.1 Å². The standard InChI is InChI=1S/C12H11Cl/c13-9-3-5-11-8-7-10-4-1-2-6-12(10)11/h1-8,11H,9H2/b5-3+. The van der Waals surface area contributed by atoms with E-state index < -0.39 is 0 Å². The smallest absolute Gasteiger partial charge is 0.0404 e. The van der Waals surface area contributed by atoms with Crippen molar-refractivity contribution in [2.75, 3.05) is 5.88 Å². The van der Waals surface area contributed by atoms with E-state index in [2.05, 4.69) is 42.5 Å². The number of allylic oxidation sites excluding steroid dienone is 3. The van der Waals surface area contributed by atoms with Crippen molar-refractivity contribution in [3.8, 4) is 0 Å². The zero-order valence-electron chi connectivity index (χ0n) is 7.28. The number of hydrogen-bond donors (Lipinski definition) is 0. The molecule has 0 aliphatic heterocycles. The molecule has 0 spiro atoms. The van der Waals surface area contributed by atoms with Gasteiger partial charge in [0, 0.05) is 11.8 Å². The van der Waals surface area contributed by atoms with Crippen molar-refractivity contribution in [2.24, 2.45) is 0 Å². The van der Waals surface area contributed by atoms with Crippen LogP contribution in [0.2, 0.25) is 0 Å². The summed E-state index contributed by atoms with van der Waals surface area (Å²) >= 11 is 5.60. The molecule has 1 aromatic rings. The van der Waals surface area contributed by atoms with Crippen molar-refractivity contribution >= 4 is 17.7 Å². The van der Waals surface area contributed by atoms with Crippen molar-refractivity contribution in [3.05, 3.63) is 53.6 Å². The molecule has 1 atom stereocenters. The highest BCUT2D eigenvalue weighted by molar-refractivity contribution is 6.18. The van der Waals surface area contributed by atoms with Crippen molar-refractivity contribution < 1.29 is 0 Å². The highest BCUT2D eigenvalue weighted by atomic mass is 35.5. The zero-order valence-corrected chi connectivity index (χ0v) is 8.04. The van der Waals surface area contributed by atoms with E-state index in [1.54, 1.807) is 0 Å². The molecule has 1 aliphatic rings. The number of halogens is 1. The van der Waals surface area contributed by atoms with Crippen LogP contribution in [0.5, 0.6) is 0 Å². The van der Waals surface area contributed by atoms with Crippen LogP contribution in [0, 0.1) is 0 Å². The third-order valence-corrected chi connectivity index (χ3v) is 2.45. The van der Waals surface area contributed by atoms with Gasteiger partial charge in [-0.25, -0.2) is 0 Å². The number of fused-ring (bicyclic) bond motifs is 1. The summed E-state index contributed by atoms with van der Waals surface area (Å²) in [7, 11) is 0. The number of benzene rings is 1. The van der Waals surface area contributed by atoms with Crippen LogP contribution in [-0.2, 0) is 0 Å². The summed E-state index contributed by atoms with van der Waals surface area (Å²) in [5.74, 6) is 1.02. The Morgan fingerprint density at radius 1 is 1.31 bits per heavy atom. The second kappa shape index (κ2) is 3.80. The van der Waals surface area contributed by atoms with E-state index in [9.17, 15) is 0 Å². The highest BCUT2D eigenvalue weighted by Crippen LogP contribution is 2.30. The summed E-state index contributed by atoms with van der Waals surface area (Å²) in [6.45, 7) is 0. The average molecular weight is 191 g/mol. The third kappa shape index (κ3) is 1.68. The van der Waals surface area contributed by atoms with E-state index in [0.717, 1.165) is 0 Å². The van der Waals surface area contributed by atoms with Crippen molar-refractivity contribution in [1.29, 1.82) is 0 Å². The largest absolute Gasteiger partial charge is 0.122 e. The molecule has 0 aromatic heterocycles. The van der Waals surface area contributed by atoms with E-state index in [1.165, 1.54) is 11.1 Å². The molecule has 0 nitrogen and oxygen atoms in total. The Kier molecular flexibility index (Phi) is 2.51. The number of rotatable bonds is 2. The molecule has 0 fully saturated rings. The van der Waals surface area contributed by atoms with E-state index in [4.69, 9.17) is 11.6 Å². The minimum Gasteiger partial charge on any atom is -0.122 e. The minimum atomic E-state index is 0.426. The topological polar surface area (TPSA) is 0 Å². The van der Waals surface area contributed by atoms with Gasteiger partial charge in [-0.3, -0.25) is 0 Å². The van der Waals surface area contributed by atoms with Gasteiger partial charge in [-0.1, -0.05) is 48.6 Å². The Morgan fingerprint density at radius 2 is 2.15 bits per heavy atom. The Bertz CT molecular complexity index is 350. The molecule has 0 saturated heterocycles. The molecule has 1 heteroatoms. The van der Waals surface area contributed by atoms with E-state index in [1.807, 2.05) is 6.08 Å². The van der Waals surface area contributed by atoms with Crippen molar-refractivity contribution in [3.63, 3.8) is 0 Å². The van der Waals surface area contributed by atoms with Crippen molar-refractivity contribution in [1.82, 2.24) is 0 Å². The predicted molar refractivity (Wildman–Crippen MR) is 58.1 cm³/mol. The number of alkyl halides is 1. The average Bonchev–Trinajstić information content (AvgIpc) is 2.58. The maximum atomic E-state index is 5.60. The fraction of sp³-hybridized carbons (Fsp3) is 0.167. The molecule has 0 amide bonds. The van der Waals surface area contributed by atoms with E-state index in [0.29, 0.717) is 11.8 Å². The van der Waals surface area contributed by atoms with Gasteiger partial charge in [0.15, 0.2) is 0 Å². The van der Waals surface area contributed by atoms with Gasteiger partial charge >= 0.3 is 0 Å². The summed E-state index contributed by atoms with van der Waals surface area (Å²) in [6.07, 6.45) is 8.51. The molecule has 13 heavy (non-hydrogen) atoms. The minimum absolute atomic E-state index is 0.426. The SMILES string of the molecule is ClC/C=C/C1C=Cc2ccccc21. The molecular weight excluding hydrogens is 180 g/mol. The molecule has 0 bridgehead atoms. The molecule has 0 N–H and O–H groups in total. The fourth-order valence-corrected chi connectivity index (χ4v) is 1.75. The fourth-order valence-electron chi connectivity index (χ4n) is 1.64. The van der Waals surface area contributed by atoms with Crippen LogP contribution in [0.3, 0.4) is 0 Å². The lowest BCUT2D eigenvalue weighted by Gasteiger charge is -2.04. The Labute approximate surface area is 83.5 Å². The summed E-state index contributed by atoms with van der Waals surface area (Å²) in [6, 6.07) is 8.45. The monoisotopic (exact) mass is 190 g/mol. The highest BCUT2D eigenvalue weighted by Gasteiger charge is 2.12. The maximum absolute atomic E-state index is 5.60.